The molecule has 1 aromatic carbocycles. The second-order valence-electron chi connectivity index (χ2n) is 6.27. The van der Waals surface area contributed by atoms with E-state index in [-0.39, 0.29) is 24.0 Å². The first-order valence-electron chi connectivity index (χ1n) is 9.10. The summed E-state index contributed by atoms with van der Waals surface area (Å²) in [7, 11) is 5.05. The number of methoxy groups -OCH3 is 2. The Labute approximate surface area is 186 Å². The topological polar surface area (TPSA) is 110 Å². The third-order valence-electron chi connectivity index (χ3n) is 4.31. The summed E-state index contributed by atoms with van der Waals surface area (Å²) in [5.74, 6) is 3.42. The molecule has 2 aromatic heterocycles. The number of aromatic nitrogens is 3. The van der Waals surface area contributed by atoms with Crippen molar-refractivity contribution in [1.29, 1.82) is 0 Å². The van der Waals surface area contributed by atoms with Gasteiger partial charge in [0.25, 0.3) is 0 Å². The van der Waals surface area contributed by atoms with Gasteiger partial charge in [0.15, 0.2) is 11.8 Å². The van der Waals surface area contributed by atoms with Crippen LogP contribution in [-0.4, -0.2) is 48.9 Å². The van der Waals surface area contributed by atoms with Crippen LogP contribution in [0.2, 0.25) is 0 Å². The predicted octanol–water partition coefficient (Wildman–Crippen LogP) is 2.79. The molecule has 158 valence electrons. The monoisotopic (exact) mass is 514 g/mol. The average molecular weight is 514 g/mol. The van der Waals surface area contributed by atoms with Crippen molar-refractivity contribution in [2.45, 2.75) is 26.3 Å². The van der Waals surface area contributed by atoms with Crippen LogP contribution < -0.4 is 20.1 Å². The number of aromatic amines is 1. The van der Waals surface area contributed by atoms with Gasteiger partial charge >= 0.3 is 0 Å². The van der Waals surface area contributed by atoms with Crippen molar-refractivity contribution in [2.75, 3.05) is 27.8 Å². The molecule has 2 heterocycles. The molecule has 10 heteroatoms. The maximum atomic E-state index is 5.47. The van der Waals surface area contributed by atoms with Gasteiger partial charge in [0.2, 0.25) is 5.89 Å². The lowest BCUT2D eigenvalue weighted by Gasteiger charge is -2.10. The number of aryl methyl sites for hydroxylation is 2. The zero-order valence-electron chi connectivity index (χ0n) is 17.0. The Morgan fingerprint density at radius 3 is 2.69 bits per heavy atom. The summed E-state index contributed by atoms with van der Waals surface area (Å²) in [4.78, 5) is 11.8. The molecule has 0 amide bonds. The molecule has 0 aliphatic carbocycles. The highest BCUT2D eigenvalue weighted by Gasteiger charge is 2.09. The van der Waals surface area contributed by atoms with Crippen LogP contribution in [0.1, 0.15) is 23.8 Å². The number of benzene rings is 1. The van der Waals surface area contributed by atoms with Crippen molar-refractivity contribution in [2.24, 2.45) is 4.99 Å². The summed E-state index contributed by atoms with van der Waals surface area (Å²) in [6, 6.07) is 5.99. The number of halogens is 1. The first-order valence-corrected chi connectivity index (χ1v) is 9.10. The maximum absolute atomic E-state index is 5.47. The van der Waals surface area contributed by atoms with Crippen LogP contribution in [0, 0.1) is 6.92 Å². The third kappa shape index (κ3) is 5.99. The van der Waals surface area contributed by atoms with E-state index >= 15 is 0 Å². The van der Waals surface area contributed by atoms with Crippen LogP contribution in [0.15, 0.2) is 27.7 Å². The summed E-state index contributed by atoms with van der Waals surface area (Å²) in [6.07, 6.45) is 1.84. The quantitative estimate of drug-likeness (QED) is 0.184. The highest BCUT2D eigenvalue weighted by Crippen LogP contribution is 2.31. The first kappa shape index (κ1) is 22.8. The van der Waals surface area contributed by atoms with Crippen molar-refractivity contribution in [1.82, 2.24) is 25.8 Å². The molecule has 3 N–H and O–H groups in total. The van der Waals surface area contributed by atoms with Crippen LogP contribution in [0.4, 0.5) is 0 Å². The van der Waals surface area contributed by atoms with Gasteiger partial charge in [0.05, 0.1) is 26.3 Å². The van der Waals surface area contributed by atoms with E-state index < -0.39 is 0 Å². The molecule has 0 saturated carbocycles. The minimum atomic E-state index is 0. The highest BCUT2D eigenvalue weighted by molar-refractivity contribution is 14.0. The smallest absolute Gasteiger partial charge is 0.223 e. The maximum Gasteiger partial charge on any atom is 0.223 e. The lowest BCUT2D eigenvalue weighted by molar-refractivity contribution is 0.387. The molecule has 3 aromatic rings. The van der Waals surface area contributed by atoms with Crippen LogP contribution in [0.3, 0.4) is 0 Å². The summed E-state index contributed by atoms with van der Waals surface area (Å²) in [6.45, 7) is 3.00. The number of guanidine groups is 1. The van der Waals surface area contributed by atoms with E-state index in [4.69, 9.17) is 14.0 Å². The molecule has 29 heavy (non-hydrogen) atoms. The first-order chi connectivity index (χ1) is 13.6. The normalized spacial score (nSPS) is 11.2. The molecule has 9 nitrogen and oxygen atoms in total. The number of H-pyrrole nitrogens is 1. The lowest BCUT2D eigenvalue weighted by Crippen LogP contribution is -2.37. The number of aliphatic imine (C=N–C) groups is 1. The Kier molecular flexibility index (Phi) is 8.55. The number of hydrogen-bond acceptors (Lipinski definition) is 6. The van der Waals surface area contributed by atoms with E-state index in [1.165, 1.54) is 0 Å². The molecule has 0 bridgehead atoms. The van der Waals surface area contributed by atoms with Crippen molar-refractivity contribution in [3.63, 3.8) is 0 Å². The fraction of sp³-hybridized carbons (Fsp3) is 0.421. The van der Waals surface area contributed by atoms with Gasteiger partial charge < -0.3 is 29.6 Å². The van der Waals surface area contributed by atoms with Crippen LogP contribution >= 0.6 is 24.0 Å². The lowest BCUT2D eigenvalue weighted by atomic mass is 10.2. The number of nitrogens with zero attached hydrogens (tertiary/aromatic N) is 3. The van der Waals surface area contributed by atoms with Gasteiger partial charge in [-0.05, 0) is 18.9 Å². The molecule has 0 unspecified atom stereocenters. The molecular formula is C19H27IN6O3. The summed E-state index contributed by atoms with van der Waals surface area (Å²) in [5.41, 5.74) is 2.15. The van der Waals surface area contributed by atoms with Gasteiger partial charge in [-0.3, -0.25) is 4.99 Å². The summed E-state index contributed by atoms with van der Waals surface area (Å²) >= 11 is 0. The Morgan fingerprint density at radius 2 is 2.03 bits per heavy atom. The van der Waals surface area contributed by atoms with E-state index in [1.54, 1.807) is 28.2 Å². The van der Waals surface area contributed by atoms with Gasteiger partial charge in [0.1, 0.15) is 11.5 Å². The van der Waals surface area contributed by atoms with Crippen molar-refractivity contribution in [3.8, 4) is 11.5 Å². The van der Waals surface area contributed by atoms with Crippen LogP contribution in [0.25, 0.3) is 10.9 Å². The van der Waals surface area contributed by atoms with E-state index in [0.29, 0.717) is 24.2 Å². The Morgan fingerprint density at radius 1 is 1.21 bits per heavy atom. The molecule has 0 fully saturated rings. The number of ether oxygens (including phenoxy) is 2. The standard InChI is InChI=1S/C19H26N6O3.HI/c1-12-23-18(25-28-12)11-22-19(20-2)21-7-5-6-13-8-15-16(24-13)9-14(26-3)10-17(15)27-4;/h8-10,24H,5-7,11H2,1-4H3,(H2,20,21,22);1H. The zero-order valence-corrected chi connectivity index (χ0v) is 19.4. The van der Waals surface area contributed by atoms with E-state index in [0.717, 1.165) is 47.5 Å². The van der Waals surface area contributed by atoms with Crippen molar-refractivity contribution in [3.05, 3.63) is 35.6 Å². The molecule has 0 aliphatic rings. The fourth-order valence-corrected chi connectivity index (χ4v) is 2.94. The summed E-state index contributed by atoms with van der Waals surface area (Å²) < 4.78 is 15.7. The SMILES string of the molecule is CN=C(NCCCc1cc2c(OC)cc(OC)cc2[nH]1)NCc1noc(C)n1.I. The molecule has 0 radical (unpaired) electrons. The number of fused-ring (bicyclic) bond motifs is 1. The molecule has 3 rings (SSSR count). The average Bonchev–Trinajstić information content (AvgIpc) is 3.31. The summed E-state index contributed by atoms with van der Waals surface area (Å²) in [5, 5.41) is 11.4. The van der Waals surface area contributed by atoms with Crippen LogP contribution in [-0.2, 0) is 13.0 Å². The largest absolute Gasteiger partial charge is 0.497 e. The van der Waals surface area contributed by atoms with Gasteiger partial charge in [-0.15, -0.1) is 24.0 Å². The van der Waals surface area contributed by atoms with E-state index in [2.05, 4.69) is 36.8 Å². The third-order valence-corrected chi connectivity index (χ3v) is 4.31. The minimum absolute atomic E-state index is 0. The van der Waals surface area contributed by atoms with Crippen molar-refractivity contribution < 1.29 is 14.0 Å². The Balaban J connectivity index is 0.00000300. The fourth-order valence-electron chi connectivity index (χ4n) is 2.94. The molecule has 0 spiro atoms. The Bertz CT molecular complexity index is 953. The minimum Gasteiger partial charge on any atom is -0.497 e. The van der Waals surface area contributed by atoms with E-state index in [9.17, 15) is 0 Å². The van der Waals surface area contributed by atoms with Gasteiger partial charge in [-0.25, -0.2) is 0 Å². The van der Waals surface area contributed by atoms with Gasteiger partial charge in [-0.2, -0.15) is 4.98 Å². The van der Waals surface area contributed by atoms with E-state index in [1.807, 2.05) is 12.1 Å². The number of hydrogen-bond donors (Lipinski definition) is 3. The van der Waals surface area contributed by atoms with Gasteiger partial charge in [0, 0.05) is 43.7 Å². The van der Waals surface area contributed by atoms with Gasteiger partial charge in [-0.1, -0.05) is 5.16 Å². The zero-order chi connectivity index (χ0) is 19.9. The second-order valence-corrected chi connectivity index (χ2v) is 6.27. The van der Waals surface area contributed by atoms with Crippen LogP contribution in [0.5, 0.6) is 11.5 Å². The highest BCUT2D eigenvalue weighted by atomic mass is 127. The number of nitrogens with one attached hydrogen (secondary N) is 3. The molecular weight excluding hydrogens is 487 g/mol. The predicted molar refractivity (Wildman–Crippen MR) is 122 cm³/mol. The van der Waals surface area contributed by atoms with Crippen molar-refractivity contribution >= 4 is 40.8 Å². The Hall–Kier alpha value is -2.50. The second kappa shape index (κ2) is 10.9. The molecule has 0 aliphatic heterocycles. The molecule has 0 saturated heterocycles. The number of rotatable bonds is 8. The molecule has 0 atom stereocenters.